The molecule has 1 aliphatic rings. The molecule has 1 aliphatic heterocycles. The second-order valence-corrected chi connectivity index (χ2v) is 4.51. The summed E-state index contributed by atoms with van der Waals surface area (Å²) in [6.07, 6.45) is 3.92. The Morgan fingerprint density at radius 2 is 2.47 bits per heavy atom. The zero-order valence-electron chi connectivity index (χ0n) is 9.87. The maximum absolute atomic E-state index is 6.02. The smallest absolute Gasteiger partial charge is 0.224 e. The number of anilines is 2. The van der Waals surface area contributed by atoms with Gasteiger partial charge in [0.15, 0.2) is 0 Å². The lowest BCUT2D eigenvalue weighted by molar-refractivity contribution is 0.0595. The summed E-state index contributed by atoms with van der Waals surface area (Å²) in [4.78, 5) is 8.30. The molecule has 0 spiro atoms. The van der Waals surface area contributed by atoms with E-state index in [1.54, 1.807) is 13.2 Å². The number of rotatable bonds is 4. The second kappa shape index (κ2) is 6.02. The number of halogens is 1. The maximum Gasteiger partial charge on any atom is 0.224 e. The van der Waals surface area contributed by atoms with Crippen molar-refractivity contribution in [2.75, 3.05) is 37.4 Å². The third kappa shape index (κ3) is 3.44. The van der Waals surface area contributed by atoms with Gasteiger partial charge in [-0.1, -0.05) is 11.6 Å². The van der Waals surface area contributed by atoms with Crippen LogP contribution in [0.2, 0.25) is 5.02 Å². The van der Waals surface area contributed by atoms with Crippen LogP contribution in [0.1, 0.15) is 12.8 Å². The van der Waals surface area contributed by atoms with E-state index in [1.165, 1.54) is 6.42 Å². The van der Waals surface area contributed by atoms with Crippen LogP contribution in [0.25, 0.3) is 0 Å². The minimum Gasteiger partial charge on any atom is -0.381 e. The standard InChI is InChI=1S/C11H17ClN4O/c1-13-11-15-6-9(12)10(16-11)14-5-8-3-2-4-17-7-8/h6,8H,2-5,7H2,1H3,(H2,13,14,15,16). The van der Waals surface area contributed by atoms with Crippen LogP contribution in [-0.2, 0) is 4.74 Å². The molecule has 1 aromatic rings. The van der Waals surface area contributed by atoms with Crippen LogP contribution < -0.4 is 10.6 Å². The highest BCUT2D eigenvalue weighted by molar-refractivity contribution is 6.32. The third-order valence-corrected chi connectivity index (χ3v) is 3.06. The summed E-state index contributed by atoms with van der Waals surface area (Å²) >= 11 is 6.02. The highest BCUT2D eigenvalue weighted by Gasteiger charge is 2.14. The van der Waals surface area contributed by atoms with E-state index in [0.29, 0.717) is 22.7 Å². The van der Waals surface area contributed by atoms with Gasteiger partial charge in [-0.2, -0.15) is 4.98 Å². The Labute approximate surface area is 106 Å². The highest BCUT2D eigenvalue weighted by Crippen LogP contribution is 2.21. The minimum absolute atomic E-state index is 0.535. The quantitative estimate of drug-likeness (QED) is 0.863. The number of ether oxygens (including phenoxy) is 1. The van der Waals surface area contributed by atoms with Crippen LogP contribution in [0.4, 0.5) is 11.8 Å². The van der Waals surface area contributed by atoms with Gasteiger partial charge >= 0.3 is 0 Å². The summed E-state index contributed by atoms with van der Waals surface area (Å²) in [6.45, 7) is 2.53. The van der Waals surface area contributed by atoms with Crippen molar-refractivity contribution in [1.82, 2.24) is 9.97 Å². The van der Waals surface area contributed by atoms with E-state index in [-0.39, 0.29) is 0 Å². The van der Waals surface area contributed by atoms with Gasteiger partial charge in [0, 0.05) is 20.2 Å². The lowest BCUT2D eigenvalue weighted by atomic mass is 10.0. The monoisotopic (exact) mass is 256 g/mol. The van der Waals surface area contributed by atoms with Crippen LogP contribution in [0.15, 0.2) is 6.20 Å². The van der Waals surface area contributed by atoms with E-state index in [2.05, 4.69) is 20.6 Å². The van der Waals surface area contributed by atoms with Crippen molar-refractivity contribution in [2.24, 2.45) is 5.92 Å². The first-order valence-corrected chi connectivity index (χ1v) is 6.19. The fourth-order valence-electron chi connectivity index (χ4n) is 1.82. The third-order valence-electron chi connectivity index (χ3n) is 2.78. The van der Waals surface area contributed by atoms with Crippen LogP contribution >= 0.6 is 11.6 Å². The van der Waals surface area contributed by atoms with Gasteiger partial charge in [0.1, 0.15) is 10.8 Å². The molecule has 1 fully saturated rings. The number of nitrogens with one attached hydrogen (secondary N) is 2. The Balaban J connectivity index is 1.92. The van der Waals surface area contributed by atoms with E-state index in [0.717, 1.165) is 26.2 Å². The van der Waals surface area contributed by atoms with Crippen LogP contribution in [0.5, 0.6) is 0 Å². The molecule has 1 aromatic heterocycles. The van der Waals surface area contributed by atoms with E-state index in [9.17, 15) is 0 Å². The van der Waals surface area contributed by atoms with Gasteiger partial charge in [0.25, 0.3) is 0 Å². The van der Waals surface area contributed by atoms with Crippen molar-refractivity contribution in [3.63, 3.8) is 0 Å². The second-order valence-electron chi connectivity index (χ2n) is 4.10. The number of hydrogen-bond acceptors (Lipinski definition) is 5. The predicted octanol–water partition coefficient (Wildman–Crippen LogP) is 2.01. The zero-order chi connectivity index (χ0) is 12.1. The molecule has 2 N–H and O–H groups in total. The van der Waals surface area contributed by atoms with Crippen molar-refractivity contribution < 1.29 is 4.74 Å². The lowest BCUT2D eigenvalue weighted by Gasteiger charge is -2.22. The summed E-state index contributed by atoms with van der Waals surface area (Å²) in [5, 5.41) is 6.68. The summed E-state index contributed by atoms with van der Waals surface area (Å²) in [5.41, 5.74) is 0. The number of aromatic nitrogens is 2. The van der Waals surface area contributed by atoms with E-state index in [1.807, 2.05) is 0 Å². The van der Waals surface area contributed by atoms with Crippen LogP contribution in [0, 0.1) is 5.92 Å². The molecule has 0 saturated carbocycles. The van der Waals surface area contributed by atoms with Crippen molar-refractivity contribution in [1.29, 1.82) is 0 Å². The van der Waals surface area contributed by atoms with Crippen molar-refractivity contribution in [3.8, 4) is 0 Å². The van der Waals surface area contributed by atoms with Gasteiger partial charge in [0.05, 0.1) is 12.8 Å². The van der Waals surface area contributed by atoms with E-state index in [4.69, 9.17) is 16.3 Å². The molecule has 0 aromatic carbocycles. The first-order valence-electron chi connectivity index (χ1n) is 5.81. The number of nitrogens with zero attached hydrogens (tertiary/aromatic N) is 2. The summed E-state index contributed by atoms with van der Waals surface area (Å²) < 4.78 is 5.43. The van der Waals surface area contributed by atoms with Gasteiger partial charge in [0.2, 0.25) is 5.95 Å². The average molecular weight is 257 g/mol. The Bertz CT molecular complexity index is 368. The maximum atomic E-state index is 6.02. The van der Waals surface area contributed by atoms with Gasteiger partial charge < -0.3 is 15.4 Å². The molecule has 1 saturated heterocycles. The first-order chi connectivity index (χ1) is 8.29. The Hall–Kier alpha value is -1.07. The predicted molar refractivity (Wildman–Crippen MR) is 68.6 cm³/mol. The van der Waals surface area contributed by atoms with E-state index >= 15 is 0 Å². The SMILES string of the molecule is CNc1ncc(Cl)c(NCC2CCCOC2)n1. The molecule has 2 heterocycles. The Morgan fingerprint density at radius 3 is 3.18 bits per heavy atom. The lowest BCUT2D eigenvalue weighted by Crippen LogP contribution is -2.24. The molecule has 6 heteroatoms. The van der Waals surface area contributed by atoms with Gasteiger partial charge in [-0.3, -0.25) is 0 Å². The molecular weight excluding hydrogens is 240 g/mol. The fraction of sp³-hybridized carbons (Fsp3) is 0.636. The molecule has 1 unspecified atom stereocenters. The average Bonchev–Trinajstić information content (AvgIpc) is 2.39. The van der Waals surface area contributed by atoms with Gasteiger partial charge in [-0.15, -0.1) is 0 Å². The molecule has 17 heavy (non-hydrogen) atoms. The molecule has 0 aliphatic carbocycles. The van der Waals surface area contributed by atoms with Crippen LogP contribution in [0.3, 0.4) is 0 Å². The largest absolute Gasteiger partial charge is 0.381 e. The molecule has 5 nitrogen and oxygen atoms in total. The van der Waals surface area contributed by atoms with E-state index < -0.39 is 0 Å². The van der Waals surface area contributed by atoms with Crippen molar-refractivity contribution in [3.05, 3.63) is 11.2 Å². The topological polar surface area (TPSA) is 59.1 Å². The Morgan fingerprint density at radius 1 is 1.59 bits per heavy atom. The molecule has 1 atom stereocenters. The van der Waals surface area contributed by atoms with Crippen molar-refractivity contribution >= 4 is 23.4 Å². The highest BCUT2D eigenvalue weighted by atomic mass is 35.5. The molecule has 0 amide bonds. The minimum atomic E-state index is 0.535. The molecule has 0 radical (unpaired) electrons. The molecule has 94 valence electrons. The normalized spacial score (nSPS) is 20.0. The van der Waals surface area contributed by atoms with Crippen molar-refractivity contribution in [2.45, 2.75) is 12.8 Å². The van der Waals surface area contributed by atoms with Crippen LogP contribution in [-0.4, -0.2) is 36.8 Å². The summed E-state index contributed by atoms with van der Waals surface area (Å²) in [6, 6.07) is 0. The number of hydrogen-bond donors (Lipinski definition) is 2. The molecular formula is C11H17ClN4O. The summed E-state index contributed by atoms with van der Waals surface area (Å²) in [5.74, 6) is 1.78. The van der Waals surface area contributed by atoms with Gasteiger partial charge in [-0.25, -0.2) is 4.98 Å². The molecule has 0 bridgehead atoms. The molecule has 2 rings (SSSR count). The Kier molecular flexibility index (Phi) is 4.39. The summed E-state index contributed by atoms with van der Waals surface area (Å²) in [7, 11) is 1.78. The zero-order valence-corrected chi connectivity index (χ0v) is 10.6. The fourth-order valence-corrected chi connectivity index (χ4v) is 1.98. The van der Waals surface area contributed by atoms with Gasteiger partial charge in [-0.05, 0) is 18.8 Å². The first kappa shape index (κ1) is 12.4.